The summed E-state index contributed by atoms with van der Waals surface area (Å²) in [5.74, 6) is 2.15. The van der Waals surface area contributed by atoms with E-state index in [1.54, 1.807) is 18.2 Å². The zero-order chi connectivity index (χ0) is 15.8. The Hall–Kier alpha value is -2.24. The lowest BCUT2D eigenvalue weighted by Gasteiger charge is -2.05. The molecule has 1 aromatic carbocycles. The van der Waals surface area contributed by atoms with Crippen LogP contribution in [0.5, 0.6) is 0 Å². The summed E-state index contributed by atoms with van der Waals surface area (Å²) in [7, 11) is 1.33. The molecule has 0 fully saturated rings. The van der Waals surface area contributed by atoms with Crippen LogP contribution in [0.4, 0.5) is 0 Å². The van der Waals surface area contributed by atoms with E-state index in [9.17, 15) is 4.79 Å². The van der Waals surface area contributed by atoms with E-state index in [1.165, 1.54) is 7.11 Å². The summed E-state index contributed by atoms with van der Waals surface area (Å²) in [6.45, 7) is 3.69. The lowest BCUT2D eigenvalue weighted by Crippen LogP contribution is -2.02. The second-order valence-corrected chi connectivity index (χ2v) is 4.70. The van der Waals surface area contributed by atoms with E-state index < -0.39 is 5.97 Å². The molecule has 0 aliphatic heterocycles. The highest BCUT2D eigenvalue weighted by molar-refractivity contribution is 6.34. The topological polar surface area (TPSA) is 26.3 Å². The number of carbonyl (C=O) groups is 1. The van der Waals surface area contributed by atoms with E-state index in [0.717, 1.165) is 16.7 Å². The molecule has 0 saturated heterocycles. The Morgan fingerprint density at radius 2 is 2.14 bits per heavy atom. The number of terminal acetylenes is 1. The van der Waals surface area contributed by atoms with Crippen molar-refractivity contribution in [2.24, 2.45) is 0 Å². The first kappa shape index (κ1) is 16.8. The molecular weight excluding hydrogens is 284 g/mol. The summed E-state index contributed by atoms with van der Waals surface area (Å²) in [6, 6.07) is 7.51. The molecule has 1 rings (SSSR count). The van der Waals surface area contributed by atoms with Crippen molar-refractivity contribution in [2.45, 2.75) is 13.8 Å². The number of halogens is 1. The lowest BCUT2D eigenvalue weighted by atomic mass is 10.0. The van der Waals surface area contributed by atoms with Gasteiger partial charge in [0, 0.05) is 10.6 Å². The predicted octanol–water partition coefficient (Wildman–Crippen LogP) is 4.31. The van der Waals surface area contributed by atoms with Crippen LogP contribution >= 0.6 is 11.6 Å². The van der Waals surface area contributed by atoms with Crippen LogP contribution in [0, 0.1) is 12.3 Å². The van der Waals surface area contributed by atoms with Gasteiger partial charge >= 0.3 is 5.97 Å². The van der Waals surface area contributed by atoms with E-state index in [4.69, 9.17) is 22.8 Å². The minimum Gasteiger partial charge on any atom is -0.465 e. The maximum atomic E-state index is 11.6. The molecule has 0 amide bonds. The Labute approximate surface area is 130 Å². The van der Waals surface area contributed by atoms with Crippen molar-refractivity contribution in [1.82, 2.24) is 0 Å². The molecule has 0 heterocycles. The molecule has 0 spiro atoms. The van der Waals surface area contributed by atoms with Crippen LogP contribution in [0.3, 0.4) is 0 Å². The van der Waals surface area contributed by atoms with Gasteiger partial charge in [-0.3, -0.25) is 0 Å². The average Bonchev–Trinajstić information content (AvgIpc) is 2.52. The second kappa shape index (κ2) is 8.14. The largest absolute Gasteiger partial charge is 0.465 e. The monoisotopic (exact) mass is 300 g/mol. The van der Waals surface area contributed by atoms with Crippen LogP contribution in [-0.4, -0.2) is 13.1 Å². The highest BCUT2D eigenvalue weighted by Crippen LogP contribution is 2.24. The molecule has 0 unspecified atom stereocenters. The SMILES string of the molecule is C#Cc1cccc(/C(C)=C(Cl)/C=C(\C=C/C)C(=O)OC)c1. The quantitative estimate of drug-likeness (QED) is 0.358. The zero-order valence-corrected chi connectivity index (χ0v) is 13.1. The summed E-state index contributed by atoms with van der Waals surface area (Å²) in [6.07, 6.45) is 10.4. The molecule has 0 radical (unpaired) electrons. The van der Waals surface area contributed by atoms with Gasteiger partial charge < -0.3 is 4.74 Å². The van der Waals surface area contributed by atoms with Crippen molar-refractivity contribution in [3.8, 4) is 12.3 Å². The molecule has 2 nitrogen and oxygen atoms in total. The van der Waals surface area contributed by atoms with Gasteiger partial charge in [0.1, 0.15) is 0 Å². The summed E-state index contributed by atoms with van der Waals surface area (Å²) in [5, 5.41) is 0.461. The minimum atomic E-state index is -0.434. The Balaban J connectivity index is 3.26. The van der Waals surface area contributed by atoms with E-state index in [2.05, 4.69) is 5.92 Å². The van der Waals surface area contributed by atoms with E-state index in [1.807, 2.05) is 38.1 Å². The predicted molar refractivity (Wildman–Crippen MR) is 87.7 cm³/mol. The lowest BCUT2D eigenvalue weighted by molar-refractivity contribution is -0.135. The number of hydrogen-bond acceptors (Lipinski definition) is 2. The number of ether oxygens (including phenoxy) is 1. The van der Waals surface area contributed by atoms with Crippen molar-refractivity contribution in [1.29, 1.82) is 0 Å². The highest BCUT2D eigenvalue weighted by Gasteiger charge is 2.08. The standard InChI is InChI=1S/C18H17ClO2/c1-5-8-16(18(20)21-4)12-17(19)13(3)15-10-7-9-14(6-2)11-15/h2,5,7-12H,1,3-4H3/b8-5-,16-12+,17-13-. The van der Waals surface area contributed by atoms with Crippen molar-refractivity contribution in [3.05, 3.63) is 64.2 Å². The first-order valence-electron chi connectivity index (χ1n) is 6.39. The van der Waals surface area contributed by atoms with Gasteiger partial charge in [-0.1, -0.05) is 41.8 Å². The number of benzene rings is 1. The molecule has 108 valence electrons. The summed E-state index contributed by atoms with van der Waals surface area (Å²) in [4.78, 5) is 11.6. The molecule has 0 aliphatic rings. The smallest absolute Gasteiger partial charge is 0.337 e. The Morgan fingerprint density at radius 3 is 2.71 bits per heavy atom. The van der Waals surface area contributed by atoms with Gasteiger partial charge in [-0.2, -0.15) is 0 Å². The summed E-state index contributed by atoms with van der Waals surface area (Å²) < 4.78 is 4.72. The first-order chi connectivity index (χ1) is 10.0. The van der Waals surface area contributed by atoms with Gasteiger partial charge in [-0.25, -0.2) is 4.79 Å². The van der Waals surface area contributed by atoms with E-state index in [0.29, 0.717) is 10.6 Å². The van der Waals surface area contributed by atoms with Gasteiger partial charge in [-0.05, 0) is 43.2 Å². The van der Waals surface area contributed by atoms with E-state index >= 15 is 0 Å². The van der Waals surface area contributed by atoms with Gasteiger partial charge in [0.15, 0.2) is 0 Å². The van der Waals surface area contributed by atoms with Crippen LogP contribution in [0.25, 0.3) is 5.57 Å². The molecule has 1 aromatic rings. The molecule has 21 heavy (non-hydrogen) atoms. The van der Waals surface area contributed by atoms with Crippen LogP contribution in [0.15, 0.2) is 53.1 Å². The maximum absolute atomic E-state index is 11.6. The number of esters is 1. The van der Waals surface area contributed by atoms with Gasteiger partial charge in [-0.15, -0.1) is 6.42 Å². The third kappa shape index (κ3) is 4.66. The normalized spacial score (nSPS) is 12.8. The Bertz CT molecular complexity index is 658. The van der Waals surface area contributed by atoms with Gasteiger partial charge in [0.25, 0.3) is 0 Å². The molecule has 0 bridgehead atoms. The fourth-order valence-electron chi connectivity index (χ4n) is 1.70. The van der Waals surface area contributed by atoms with Gasteiger partial charge in [0.05, 0.1) is 12.7 Å². The third-order valence-electron chi connectivity index (χ3n) is 2.87. The maximum Gasteiger partial charge on any atom is 0.337 e. The summed E-state index contributed by atoms with van der Waals surface area (Å²) in [5.41, 5.74) is 2.91. The molecule has 0 aromatic heterocycles. The fourth-order valence-corrected chi connectivity index (χ4v) is 1.92. The Morgan fingerprint density at radius 1 is 1.43 bits per heavy atom. The van der Waals surface area contributed by atoms with Crippen molar-refractivity contribution >= 4 is 23.1 Å². The van der Waals surface area contributed by atoms with Crippen LogP contribution < -0.4 is 0 Å². The Kier molecular flexibility index (Phi) is 6.52. The van der Waals surface area contributed by atoms with Crippen molar-refractivity contribution < 1.29 is 9.53 Å². The molecule has 0 saturated carbocycles. The second-order valence-electron chi connectivity index (χ2n) is 4.29. The molecule has 3 heteroatoms. The number of allylic oxidation sites excluding steroid dienone is 4. The molecule has 0 aliphatic carbocycles. The first-order valence-corrected chi connectivity index (χ1v) is 6.77. The highest BCUT2D eigenvalue weighted by atomic mass is 35.5. The van der Waals surface area contributed by atoms with Crippen LogP contribution in [0.2, 0.25) is 0 Å². The van der Waals surface area contributed by atoms with Crippen LogP contribution in [0.1, 0.15) is 25.0 Å². The zero-order valence-electron chi connectivity index (χ0n) is 12.3. The summed E-state index contributed by atoms with van der Waals surface area (Å²) >= 11 is 6.30. The fraction of sp³-hybridized carbons (Fsp3) is 0.167. The van der Waals surface area contributed by atoms with Gasteiger partial charge in [0.2, 0.25) is 0 Å². The molecule has 0 atom stereocenters. The number of hydrogen-bond donors (Lipinski definition) is 0. The molecular formula is C18H17ClO2. The van der Waals surface area contributed by atoms with E-state index in [-0.39, 0.29) is 0 Å². The minimum absolute atomic E-state index is 0.387. The van der Waals surface area contributed by atoms with Crippen LogP contribution in [-0.2, 0) is 9.53 Å². The number of methoxy groups -OCH3 is 1. The number of carbonyl (C=O) groups excluding carboxylic acids is 1. The number of rotatable bonds is 4. The third-order valence-corrected chi connectivity index (χ3v) is 3.26. The van der Waals surface area contributed by atoms with Crippen molar-refractivity contribution in [3.63, 3.8) is 0 Å². The molecule has 0 N–H and O–H groups in total. The average molecular weight is 301 g/mol. The van der Waals surface area contributed by atoms with Crippen molar-refractivity contribution in [2.75, 3.05) is 7.11 Å².